The van der Waals surface area contributed by atoms with Gasteiger partial charge in [-0.2, -0.15) is 0 Å². The summed E-state index contributed by atoms with van der Waals surface area (Å²) in [5, 5.41) is 0. The van der Waals surface area contributed by atoms with E-state index in [2.05, 4.69) is 0 Å². The summed E-state index contributed by atoms with van der Waals surface area (Å²) in [6.07, 6.45) is 1.93. The molecule has 0 saturated heterocycles. The van der Waals surface area contributed by atoms with Gasteiger partial charge in [-0.3, -0.25) is 0 Å². The second-order valence-electron chi connectivity index (χ2n) is 2.56. The van der Waals surface area contributed by atoms with Crippen molar-refractivity contribution in [1.82, 2.24) is 0 Å². The minimum absolute atomic E-state index is 0.103. The number of carbonyl (C=O) groups excluding carboxylic acids is 1. The third-order valence-electron chi connectivity index (χ3n) is 1.86. The minimum atomic E-state index is -0.204. The highest BCUT2D eigenvalue weighted by atomic mass is 32.2. The Morgan fingerprint density at radius 2 is 2.17 bits per heavy atom. The Hall–Kier alpha value is -0.960. The Labute approximate surface area is 74.9 Å². The fraction of sp³-hybridized carbons (Fsp3) is 0.222. The first-order valence-electron chi connectivity index (χ1n) is 3.65. The maximum atomic E-state index is 11.2. The number of rotatable bonds is 1. The molecule has 1 aromatic rings. The Morgan fingerprint density at radius 1 is 1.42 bits per heavy atom. The van der Waals surface area contributed by atoms with Gasteiger partial charge in [-0.15, -0.1) is 11.8 Å². The molecular weight excluding hydrogens is 172 g/mol. The lowest BCUT2D eigenvalue weighted by atomic mass is 10.1. The predicted octanol–water partition coefficient (Wildman–Crippen LogP) is 2.22. The molecular formula is C9H8O2S. The van der Waals surface area contributed by atoms with E-state index in [4.69, 9.17) is 4.74 Å². The molecule has 0 N–H and O–H groups in total. The first-order chi connectivity index (χ1) is 5.83. The average molecular weight is 180 g/mol. The Kier molecular flexibility index (Phi) is 1.81. The molecule has 1 aliphatic heterocycles. The van der Waals surface area contributed by atoms with Gasteiger partial charge in [0.15, 0.2) is 5.44 Å². The number of esters is 1. The van der Waals surface area contributed by atoms with E-state index >= 15 is 0 Å². The molecule has 0 spiro atoms. The van der Waals surface area contributed by atoms with Crippen LogP contribution in [-0.4, -0.2) is 12.2 Å². The molecule has 0 aliphatic carbocycles. The summed E-state index contributed by atoms with van der Waals surface area (Å²) in [5.41, 5.74) is 1.60. The molecule has 1 aromatic carbocycles. The fourth-order valence-electron chi connectivity index (χ4n) is 1.29. The van der Waals surface area contributed by atoms with Crippen LogP contribution in [0.25, 0.3) is 0 Å². The number of carbonyl (C=O) groups is 1. The molecule has 0 saturated carbocycles. The van der Waals surface area contributed by atoms with Crippen molar-refractivity contribution in [3.8, 4) is 0 Å². The van der Waals surface area contributed by atoms with E-state index in [1.165, 1.54) is 11.8 Å². The van der Waals surface area contributed by atoms with Gasteiger partial charge in [0.2, 0.25) is 0 Å². The van der Waals surface area contributed by atoms with Gasteiger partial charge in [0.25, 0.3) is 0 Å². The molecule has 2 rings (SSSR count). The van der Waals surface area contributed by atoms with Crippen molar-refractivity contribution in [3.63, 3.8) is 0 Å². The molecule has 0 fully saturated rings. The Morgan fingerprint density at radius 3 is 2.92 bits per heavy atom. The van der Waals surface area contributed by atoms with Gasteiger partial charge in [-0.1, -0.05) is 18.2 Å². The predicted molar refractivity (Wildman–Crippen MR) is 48.1 cm³/mol. The van der Waals surface area contributed by atoms with E-state index in [1.807, 2.05) is 24.5 Å². The summed E-state index contributed by atoms with van der Waals surface area (Å²) in [6, 6.07) is 7.50. The first-order valence-corrected chi connectivity index (χ1v) is 4.94. The summed E-state index contributed by atoms with van der Waals surface area (Å²) in [6.45, 7) is 0. The number of hydrogen-bond acceptors (Lipinski definition) is 3. The van der Waals surface area contributed by atoms with Crippen LogP contribution in [-0.2, 0) is 4.74 Å². The van der Waals surface area contributed by atoms with E-state index in [-0.39, 0.29) is 11.4 Å². The van der Waals surface area contributed by atoms with E-state index < -0.39 is 0 Å². The molecule has 0 bridgehead atoms. The van der Waals surface area contributed by atoms with Crippen LogP contribution in [0.15, 0.2) is 24.3 Å². The third kappa shape index (κ3) is 1.01. The van der Waals surface area contributed by atoms with Crippen molar-refractivity contribution in [3.05, 3.63) is 35.4 Å². The highest BCUT2D eigenvalue weighted by Crippen LogP contribution is 2.36. The van der Waals surface area contributed by atoms with Crippen molar-refractivity contribution < 1.29 is 9.53 Å². The second-order valence-corrected chi connectivity index (χ2v) is 3.46. The first kappa shape index (κ1) is 7.68. The molecule has 62 valence electrons. The maximum absolute atomic E-state index is 11.2. The number of thioether (sulfide) groups is 1. The number of hydrogen-bond donors (Lipinski definition) is 0. The van der Waals surface area contributed by atoms with Gasteiger partial charge >= 0.3 is 5.97 Å². The van der Waals surface area contributed by atoms with Crippen molar-refractivity contribution in [2.75, 3.05) is 6.26 Å². The lowest BCUT2D eigenvalue weighted by molar-refractivity contribution is 0.0522. The van der Waals surface area contributed by atoms with Crippen LogP contribution in [0.1, 0.15) is 21.4 Å². The van der Waals surface area contributed by atoms with Gasteiger partial charge < -0.3 is 4.74 Å². The highest BCUT2D eigenvalue weighted by Gasteiger charge is 2.29. The summed E-state index contributed by atoms with van der Waals surface area (Å²) in [4.78, 5) is 11.2. The van der Waals surface area contributed by atoms with E-state index in [9.17, 15) is 4.79 Å². The lowest BCUT2D eigenvalue weighted by Gasteiger charge is -2.04. The molecule has 12 heavy (non-hydrogen) atoms. The number of ether oxygens (including phenoxy) is 1. The monoisotopic (exact) mass is 180 g/mol. The molecule has 0 amide bonds. The van der Waals surface area contributed by atoms with Crippen LogP contribution in [0.2, 0.25) is 0 Å². The third-order valence-corrected chi connectivity index (χ3v) is 2.64. The zero-order valence-electron chi connectivity index (χ0n) is 6.61. The maximum Gasteiger partial charge on any atom is 0.340 e. The molecule has 1 unspecified atom stereocenters. The zero-order chi connectivity index (χ0) is 8.55. The molecule has 2 nitrogen and oxygen atoms in total. The fourth-order valence-corrected chi connectivity index (χ4v) is 1.93. The standard InChI is InChI=1S/C9H8O2S/c1-12-9-7-5-3-2-4-6(7)8(10)11-9/h2-5,9H,1H3. The molecule has 0 radical (unpaired) electrons. The Balaban J connectivity index is 2.50. The molecule has 1 heterocycles. The van der Waals surface area contributed by atoms with Crippen LogP contribution in [0, 0.1) is 0 Å². The SMILES string of the molecule is CSC1OC(=O)c2ccccc21. The van der Waals surface area contributed by atoms with Crippen molar-refractivity contribution in [2.24, 2.45) is 0 Å². The smallest absolute Gasteiger partial charge is 0.340 e. The normalized spacial score (nSPS) is 20.4. The van der Waals surface area contributed by atoms with Crippen LogP contribution in [0.3, 0.4) is 0 Å². The molecule has 1 aliphatic rings. The molecule has 3 heteroatoms. The number of fused-ring (bicyclic) bond motifs is 1. The number of benzene rings is 1. The van der Waals surface area contributed by atoms with Crippen LogP contribution < -0.4 is 0 Å². The largest absolute Gasteiger partial charge is 0.443 e. The molecule has 1 atom stereocenters. The van der Waals surface area contributed by atoms with E-state index in [1.54, 1.807) is 6.07 Å². The zero-order valence-corrected chi connectivity index (χ0v) is 7.43. The second kappa shape index (κ2) is 2.83. The summed E-state index contributed by atoms with van der Waals surface area (Å²) in [7, 11) is 0. The van der Waals surface area contributed by atoms with Crippen molar-refractivity contribution in [1.29, 1.82) is 0 Å². The summed E-state index contributed by atoms with van der Waals surface area (Å²) in [5.74, 6) is -0.204. The van der Waals surface area contributed by atoms with Crippen LogP contribution >= 0.6 is 11.8 Å². The quantitative estimate of drug-likeness (QED) is 0.620. The van der Waals surface area contributed by atoms with Crippen LogP contribution in [0.4, 0.5) is 0 Å². The average Bonchev–Trinajstić information content (AvgIpc) is 2.44. The summed E-state index contributed by atoms with van der Waals surface area (Å²) >= 11 is 1.54. The van der Waals surface area contributed by atoms with Crippen molar-refractivity contribution in [2.45, 2.75) is 5.44 Å². The van der Waals surface area contributed by atoms with Gasteiger partial charge in [0.05, 0.1) is 5.56 Å². The number of cyclic esters (lactones) is 1. The topological polar surface area (TPSA) is 26.3 Å². The van der Waals surface area contributed by atoms with Gasteiger partial charge in [-0.05, 0) is 12.3 Å². The lowest BCUT2D eigenvalue weighted by Crippen LogP contribution is -1.93. The van der Waals surface area contributed by atoms with Gasteiger partial charge in [0, 0.05) is 5.56 Å². The van der Waals surface area contributed by atoms with Crippen LogP contribution in [0.5, 0.6) is 0 Å². The van der Waals surface area contributed by atoms with E-state index in [0.29, 0.717) is 5.56 Å². The highest BCUT2D eigenvalue weighted by molar-refractivity contribution is 7.98. The van der Waals surface area contributed by atoms with Gasteiger partial charge in [-0.25, -0.2) is 4.79 Å². The van der Waals surface area contributed by atoms with E-state index in [0.717, 1.165) is 5.56 Å². The van der Waals surface area contributed by atoms with Crippen molar-refractivity contribution >= 4 is 17.7 Å². The van der Waals surface area contributed by atoms with Gasteiger partial charge in [0.1, 0.15) is 0 Å². The Bertz CT molecular complexity index is 322. The molecule has 0 aromatic heterocycles. The summed E-state index contributed by atoms with van der Waals surface area (Å²) < 4.78 is 5.10. The minimum Gasteiger partial charge on any atom is -0.443 e.